The largest absolute Gasteiger partial charge is 0.496 e. The van der Waals surface area contributed by atoms with E-state index in [0.29, 0.717) is 12.1 Å². The Morgan fingerprint density at radius 2 is 1.57 bits per heavy atom. The molecule has 2 aromatic carbocycles. The van der Waals surface area contributed by atoms with Crippen LogP contribution < -0.4 is 10.1 Å². The van der Waals surface area contributed by atoms with Crippen molar-refractivity contribution in [3.8, 4) is 5.75 Å². The number of rotatable bonds is 8. The number of nitro benzene ring substituents is 1. The summed E-state index contributed by atoms with van der Waals surface area (Å²) in [6, 6.07) is 2.72. The quantitative estimate of drug-likeness (QED) is 0.249. The standard InChI is InChI=1S/C21H18F6N2O6/c1-34-17-4-3-15(29(32)33)8-12(17)9-16(19(31)35-2)28-18(30)7-11-5-13(20(22,23)24)10-14(6-11)21(25,26)27/h3-6,8,10,16H,7,9H2,1-2H3,(H,28,30)/t16-/m0/s1. The fraction of sp³-hybridized carbons (Fsp3) is 0.333. The maximum absolute atomic E-state index is 13.0. The van der Waals surface area contributed by atoms with Gasteiger partial charge >= 0.3 is 18.3 Å². The predicted octanol–water partition coefficient (Wildman–Crippen LogP) is 4.08. The van der Waals surface area contributed by atoms with Gasteiger partial charge in [0.2, 0.25) is 5.91 Å². The number of carbonyl (C=O) groups excluding carboxylic acids is 2. The van der Waals surface area contributed by atoms with Gasteiger partial charge in [-0.2, -0.15) is 26.3 Å². The van der Waals surface area contributed by atoms with Crippen LogP contribution in [0.25, 0.3) is 0 Å². The number of methoxy groups -OCH3 is 2. The summed E-state index contributed by atoms with van der Waals surface area (Å²) in [5.74, 6) is -1.96. The molecule has 1 amide bonds. The first-order chi connectivity index (χ1) is 16.1. The number of amides is 1. The van der Waals surface area contributed by atoms with Crippen LogP contribution in [0.15, 0.2) is 36.4 Å². The van der Waals surface area contributed by atoms with E-state index in [9.17, 15) is 46.0 Å². The number of halogens is 6. The minimum atomic E-state index is -5.10. The van der Waals surface area contributed by atoms with Crippen molar-refractivity contribution in [3.05, 3.63) is 68.8 Å². The molecule has 0 radical (unpaired) electrons. The predicted molar refractivity (Wildman–Crippen MR) is 107 cm³/mol. The lowest BCUT2D eigenvalue weighted by Gasteiger charge is -2.19. The Bertz CT molecular complexity index is 1080. The monoisotopic (exact) mass is 508 g/mol. The van der Waals surface area contributed by atoms with Gasteiger partial charge < -0.3 is 14.8 Å². The zero-order chi connectivity index (χ0) is 26.6. The van der Waals surface area contributed by atoms with E-state index in [-0.39, 0.29) is 29.5 Å². The number of hydrogen-bond donors (Lipinski definition) is 1. The van der Waals surface area contributed by atoms with Gasteiger partial charge in [-0.15, -0.1) is 0 Å². The summed E-state index contributed by atoms with van der Waals surface area (Å²) in [6.45, 7) is 0. The van der Waals surface area contributed by atoms with Crippen molar-refractivity contribution in [2.24, 2.45) is 0 Å². The first-order valence-electron chi connectivity index (χ1n) is 9.62. The molecule has 14 heteroatoms. The number of nitrogens with zero attached hydrogens (tertiary/aromatic N) is 1. The zero-order valence-corrected chi connectivity index (χ0v) is 18.1. The Kier molecular flexibility index (Phi) is 8.31. The third-order valence-corrected chi connectivity index (χ3v) is 4.73. The van der Waals surface area contributed by atoms with Crippen molar-refractivity contribution >= 4 is 17.6 Å². The molecule has 35 heavy (non-hydrogen) atoms. The Morgan fingerprint density at radius 1 is 1.00 bits per heavy atom. The van der Waals surface area contributed by atoms with Gasteiger partial charge in [0, 0.05) is 24.1 Å². The highest BCUT2D eigenvalue weighted by Gasteiger charge is 2.37. The molecular formula is C21H18F6N2O6. The van der Waals surface area contributed by atoms with E-state index in [1.165, 1.54) is 13.2 Å². The van der Waals surface area contributed by atoms with Crippen LogP contribution in [0, 0.1) is 10.1 Å². The van der Waals surface area contributed by atoms with Crippen molar-refractivity contribution in [2.45, 2.75) is 31.2 Å². The van der Waals surface area contributed by atoms with Gasteiger partial charge in [-0.1, -0.05) is 0 Å². The van der Waals surface area contributed by atoms with Crippen molar-refractivity contribution in [3.63, 3.8) is 0 Å². The summed E-state index contributed by atoms with van der Waals surface area (Å²) >= 11 is 0. The van der Waals surface area contributed by atoms with Gasteiger partial charge in [0.1, 0.15) is 11.8 Å². The number of nitrogens with one attached hydrogen (secondary N) is 1. The normalized spacial score (nSPS) is 12.6. The molecule has 8 nitrogen and oxygen atoms in total. The van der Waals surface area contributed by atoms with Crippen molar-refractivity contribution in [1.29, 1.82) is 0 Å². The Labute approximate surface area is 194 Å². The summed E-state index contributed by atoms with van der Waals surface area (Å²) in [6.07, 6.45) is -11.5. The van der Waals surface area contributed by atoms with Crippen LogP contribution in [0.3, 0.4) is 0 Å². The first kappa shape index (κ1) is 27.4. The van der Waals surface area contributed by atoms with Crippen LogP contribution in [-0.4, -0.2) is 37.1 Å². The fourth-order valence-electron chi connectivity index (χ4n) is 3.15. The molecule has 0 saturated carbocycles. The minimum absolute atomic E-state index is 0.0761. The lowest BCUT2D eigenvalue weighted by molar-refractivity contribution is -0.384. The number of alkyl halides is 6. The number of hydrogen-bond acceptors (Lipinski definition) is 6. The molecule has 0 aromatic heterocycles. The molecule has 190 valence electrons. The van der Waals surface area contributed by atoms with Gasteiger partial charge in [-0.05, 0) is 29.8 Å². The van der Waals surface area contributed by atoms with E-state index in [2.05, 4.69) is 10.1 Å². The van der Waals surface area contributed by atoms with E-state index >= 15 is 0 Å². The van der Waals surface area contributed by atoms with Crippen molar-refractivity contribution in [1.82, 2.24) is 5.32 Å². The van der Waals surface area contributed by atoms with E-state index in [1.54, 1.807) is 0 Å². The van der Waals surface area contributed by atoms with E-state index in [0.717, 1.165) is 19.2 Å². The summed E-state index contributed by atoms with van der Waals surface area (Å²) in [7, 11) is 2.23. The molecule has 0 heterocycles. The molecule has 0 spiro atoms. The van der Waals surface area contributed by atoms with Crippen LogP contribution >= 0.6 is 0 Å². The topological polar surface area (TPSA) is 108 Å². The van der Waals surface area contributed by atoms with E-state index in [1.807, 2.05) is 0 Å². The van der Waals surface area contributed by atoms with Crippen molar-refractivity contribution in [2.75, 3.05) is 14.2 Å². The lowest BCUT2D eigenvalue weighted by Crippen LogP contribution is -2.43. The zero-order valence-electron chi connectivity index (χ0n) is 18.1. The first-order valence-corrected chi connectivity index (χ1v) is 9.62. The van der Waals surface area contributed by atoms with Gasteiger partial charge in [-0.3, -0.25) is 14.9 Å². The van der Waals surface area contributed by atoms with Crippen LogP contribution in [0.1, 0.15) is 22.3 Å². The van der Waals surface area contributed by atoms with Gasteiger partial charge in [0.25, 0.3) is 5.69 Å². The number of nitro groups is 1. The average Bonchev–Trinajstić information content (AvgIpc) is 2.76. The Balaban J connectivity index is 2.33. The minimum Gasteiger partial charge on any atom is -0.496 e. The smallest absolute Gasteiger partial charge is 0.416 e. The van der Waals surface area contributed by atoms with Crippen LogP contribution in [-0.2, 0) is 39.5 Å². The Morgan fingerprint density at radius 3 is 2.03 bits per heavy atom. The Hall–Kier alpha value is -3.84. The van der Waals surface area contributed by atoms with Crippen LogP contribution in [0.2, 0.25) is 0 Å². The molecule has 1 N–H and O–H groups in total. The molecule has 0 bridgehead atoms. The number of benzene rings is 2. The SMILES string of the molecule is COC(=O)[C@H](Cc1cc([N+](=O)[O-])ccc1OC)NC(=O)Cc1cc(C(F)(F)F)cc(C(F)(F)F)c1. The van der Waals surface area contributed by atoms with Gasteiger partial charge in [0.15, 0.2) is 0 Å². The van der Waals surface area contributed by atoms with Crippen molar-refractivity contribution < 1.29 is 50.3 Å². The van der Waals surface area contributed by atoms with E-state index in [4.69, 9.17) is 4.74 Å². The number of carbonyl (C=O) groups is 2. The molecule has 1 atom stereocenters. The molecule has 0 unspecified atom stereocenters. The molecule has 2 aromatic rings. The molecule has 0 aliphatic heterocycles. The number of non-ortho nitro benzene ring substituents is 1. The highest BCUT2D eigenvalue weighted by Crippen LogP contribution is 2.36. The molecule has 0 saturated heterocycles. The summed E-state index contributed by atoms with van der Waals surface area (Å²) in [5, 5.41) is 13.2. The average molecular weight is 508 g/mol. The fourth-order valence-corrected chi connectivity index (χ4v) is 3.15. The second kappa shape index (κ2) is 10.6. The van der Waals surface area contributed by atoms with Crippen LogP contribution in [0.5, 0.6) is 5.75 Å². The van der Waals surface area contributed by atoms with E-state index < -0.39 is 58.3 Å². The number of ether oxygens (including phenoxy) is 2. The highest BCUT2D eigenvalue weighted by atomic mass is 19.4. The third kappa shape index (κ3) is 7.32. The second-order valence-corrected chi connectivity index (χ2v) is 7.19. The molecular weight excluding hydrogens is 490 g/mol. The summed E-state index contributed by atoms with van der Waals surface area (Å²) in [5.41, 5.74) is -4.02. The lowest BCUT2D eigenvalue weighted by atomic mass is 10.0. The molecule has 0 aliphatic rings. The van der Waals surface area contributed by atoms with Gasteiger partial charge in [0.05, 0.1) is 36.7 Å². The molecule has 0 aliphatic carbocycles. The molecule has 2 rings (SSSR count). The third-order valence-electron chi connectivity index (χ3n) is 4.73. The van der Waals surface area contributed by atoms with Crippen LogP contribution in [0.4, 0.5) is 32.0 Å². The maximum atomic E-state index is 13.0. The number of esters is 1. The summed E-state index contributed by atoms with van der Waals surface area (Å²) < 4.78 is 88.0. The second-order valence-electron chi connectivity index (χ2n) is 7.19. The highest BCUT2D eigenvalue weighted by molar-refractivity contribution is 5.86. The summed E-state index contributed by atoms with van der Waals surface area (Å²) in [4.78, 5) is 35.0. The van der Waals surface area contributed by atoms with Gasteiger partial charge in [-0.25, -0.2) is 4.79 Å². The maximum Gasteiger partial charge on any atom is 0.416 e. The molecule has 0 fully saturated rings.